The zero-order valence-electron chi connectivity index (χ0n) is 14.9. The Bertz CT molecular complexity index is 823. The van der Waals surface area contributed by atoms with E-state index in [9.17, 15) is 15.0 Å². The lowest BCUT2D eigenvalue weighted by Crippen LogP contribution is -2.03. The molecule has 26 heavy (non-hydrogen) atoms. The summed E-state index contributed by atoms with van der Waals surface area (Å²) in [5.74, 6) is -1.30. The van der Waals surface area contributed by atoms with E-state index in [-0.39, 0.29) is 22.8 Å². The maximum absolute atomic E-state index is 12.6. The maximum Gasteiger partial charge on any atom is 0.211 e. The molecule has 0 aliphatic rings. The monoisotopic (exact) mass is 360 g/mol. The van der Waals surface area contributed by atoms with Crippen LogP contribution in [0.2, 0.25) is 0 Å². The van der Waals surface area contributed by atoms with Gasteiger partial charge in [-0.2, -0.15) is 0 Å². The summed E-state index contributed by atoms with van der Waals surface area (Å²) in [6, 6.07) is 7.05. The molecule has 0 atom stereocenters. The highest BCUT2D eigenvalue weighted by Gasteiger charge is 2.29. The van der Waals surface area contributed by atoms with Crippen molar-refractivity contribution in [2.24, 2.45) is 0 Å². The quantitative estimate of drug-likeness (QED) is 0.445. The molecule has 2 aromatic carbocycles. The molecule has 2 aromatic rings. The average Bonchev–Trinajstić information content (AvgIpc) is 2.67. The summed E-state index contributed by atoms with van der Waals surface area (Å²) in [6.45, 7) is 0. The standard InChI is InChI=1S/C19H20O7/c1-23-12-8-5-11(6-9-12)7-10-13(20)14-15(21)18(25-3)19(26-4)16(22)17(14)24-2/h5-10,21-22H,1-4H3/b10-7+. The minimum atomic E-state index is -0.577. The Kier molecular flexibility index (Phi) is 5.95. The highest BCUT2D eigenvalue weighted by atomic mass is 16.5. The topological polar surface area (TPSA) is 94.5 Å². The zero-order valence-corrected chi connectivity index (χ0v) is 14.9. The molecule has 0 spiro atoms. The van der Waals surface area contributed by atoms with Gasteiger partial charge in [-0.1, -0.05) is 18.2 Å². The lowest BCUT2D eigenvalue weighted by Gasteiger charge is -2.17. The van der Waals surface area contributed by atoms with Crippen LogP contribution in [-0.4, -0.2) is 44.4 Å². The second kappa shape index (κ2) is 8.15. The van der Waals surface area contributed by atoms with Gasteiger partial charge in [0.15, 0.2) is 17.3 Å². The van der Waals surface area contributed by atoms with Crippen molar-refractivity contribution in [2.45, 2.75) is 0 Å². The number of hydrogen-bond acceptors (Lipinski definition) is 7. The number of hydrogen-bond donors (Lipinski definition) is 2. The summed E-state index contributed by atoms with van der Waals surface area (Å²) >= 11 is 0. The number of ether oxygens (including phenoxy) is 4. The Morgan fingerprint density at radius 3 is 1.85 bits per heavy atom. The maximum atomic E-state index is 12.6. The number of ketones is 1. The Balaban J connectivity index is 2.47. The largest absolute Gasteiger partial charge is 0.504 e. The first-order valence-electron chi connectivity index (χ1n) is 7.58. The predicted octanol–water partition coefficient (Wildman–Crippen LogP) is 3.03. The smallest absolute Gasteiger partial charge is 0.211 e. The summed E-state index contributed by atoms with van der Waals surface area (Å²) in [7, 11) is 5.41. The van der Waals surface area contributed by atoms with Gasteiger partial charge in [-0.25, -0.2) is 0 Å². The molecular weight excluding hydrogens is 340 g/mol. The number of phenolic OH excluding ortho intramolecular Hbond substituents is 2. The molecule has 7 heteroatoms. The van der Waals surface area contributed by atoms with E-state index in [1.807, 2.05) is 0 Å². The van der Waals surface area contributed by atoms with Gasteiger partial charge in [0.2, 0.25) is 17.2 Å². The van der Waals surface area contributed by atoms with Crippen LogP contribution in [0, 0.1) is 0 Å². The molecule has 0 bridgehead atoms. The van der Waals surface area contributed by atoms with Crippen molar-refractivity contribution >= 4 is 11.9 Å². The third-order valence-corrected chi connectivity index (χ3v) is 3.72. The Morgan fingerprint density at radius 1 is 0.808 bits per heavy atom. The van der Waals surface area contributed by atoms with Gasteiger partial charge < -0.3 is 29.2 Å². The van der Waals surface area contributed by atoms with E-state index in [1.54, 1.807) is 37.5 Å². The number of allylic oxidation sites excluding steroid dienone is 1. The van der Waals surface area contributed by atoms with Gasteiger partial charge in [0.25, 0.3) is 0 Å². The molecule has 0 radical (unpaired) electrons. The van der Waals surface area contributed by atoms with Gasteiger partial charge in [-0.05, 0) is 23.8 Å². The zero-order chi connectivity index (χ0) is 19.3. The fourth-order valence-electron chi connectivity index (χ4n) is 2.43. The predicted molar refractivity (Wildman–Crippen MR) is 95.8 cm³/mol. The minimum absolute atomic E-state index is 0.127. The van der Waals surface area contributed by atoms with Crippen LogP contribution in [-0.2, 0) is 0 Å². The number of benzene rings is 2. The number of carbonyl (C=O) groups is 1. The van der Waals surface area contributed by atoms with Crippen LogP contribution < -0.4 is 18.9 Å². The number of phenols is 2. The van der Waals surface area contributed by atoms with Gasteiger partial charge in [0, 0.05) is 0 Å². The van der Waals surface area contributed by atoms with Gasteiger partial charge in [-0.15, -0.1) is 0 Å². The van der Waals surface area contributed by atoms with Crippen LogP contribution >= 0.6 is 0 Å². The molecule has 0 aliphatic heterocycles. The van der Waals surface area contributed by atoms with E-state index in [0.29, 0.717) is 5.75 Å². The summed E-state index contributed by atoms with van der Waals surface area (Å²) < 4.78 is 20.2. The molecular formula is C19H20O7. The number of methoxy groups -OCH3 is 4. The first kappa shape index (κ1) is 19.0. The summed E-state index contributed by atoms with van der Waals surface area (Å²) in [6.07, 6.45) is 2.82. The van der Waals surface area contributed by atoms with Gasteiger partial charge >= 0.3 is 0 Å². The number of rotatable bonds is 7. The van der Waals surface area contributed by atoms with Crippen LogP contribution in [0.5, 0.6) is 34.5 Å². The van der Waals surface area contributed by atoms with E-state index in [2.05, 4.69) is 0 Å². The minimum Gasteiger partial charge on any atom is -0.504 e. The Labute approximate surface area is 151 Å². The lowest BCUT2D eigenvalue weighted by molar-refractivity contribution is 0.104. The van der Waals surface area contributed by atoms with Gasteiger partial charge in [-0.3, -0.25) is 4.79 Å². The van der Waals surface area contributed by atoms with Crippen molar-refractivity contribution in [2.75, 3.05) is 28.4 Å². The van der Waals surface area contributed by atoms with Crippen LogP contribution in [0.4, 0.5) is 0 Å². The van der Waals surface area contributed by atoms with Crippen molar-refractivity contribution in [1.29, 1.82) is 0 Å². The third kappa shape index (κ3) is 3.51. The third-order valence-electron chi connectivity index (χ3n) is 3.72. The highest BCUT2D eigenvalue weighted by Crippen LogP contribution is 2.52. The highest BCUT2D eigenvalue weighted by molar-refractivity contribution is 6.12. The molecule has 7 nitrogen and oxygen atoms in total. The average molecular weight is 360 g/mol. The summed E-state index contributed by atoms with van der Waals surface area (Å²) in [5, 5.41) is 20.7. The van der Waals surface area contributed by atoms with Crippen LogP contribution in [0.1, 0.15) is 15.9 Å². The molecule has 0 fully saturated rings. The second-order valence-electron chi connectivity index (χ2n) is 5.14. The first-order valence-corrected chi connectivity index (χ1v) is 7.58. The lowest BCUT2D eigenvalue weighted by atomic mass is 10.0. The van der Waals surface area contributed by atoms with Crippen molar-refractivity contribution in [3.8, 4) is 34.5 Å². The van der Waals surface area contributed by atoms with Crippen LogP contribution in [0.3, 0.4) is 0 Å². The normalized spacial score (nSPS) is 10.6. The number of carbonyl (C=O) groups excluding carboxylic acids is 1. The fraction of sp³-hybridized carbons (Fsp3) is 0.211. The molecule has 0 amide bonds. The first-order chi connectivity index (χ1) is 12.5. The van der Waals surface area contributed by atoms with E-state index < -0.39 is 17.3 Å². The Hall–Kier alpha value is -3.35. The molecule has 138 valence electrons. The molecule has 0 saturated heterocycles. The molecule has 0 aromatic heterocycles. The molecule has 0 heterocycles. The van der Waals surface area contributed by atoms with E-state index in [4.69, 9.17) is 18.9 Å². The molecule has 0 unspecified atom stereocenters. The number of aromatic hydroxyl groups is 2. The molecule has 0 saturated carbocycles. The van der Waals surface area contributed by atoms with Gasteiger partial charge in [0.05, 0.1) is 28.4 Å². The van der Waals surface area contributed by atoms with E-state index in [1.165, 1.54) is 27.4 Å². The molecule has 2 rings (SSSR count). The summed E-state index contributed by atoms with van der Waals surface area (Å²) in [5.41, 5.74) is 0.523. The van der Waals surface area contributed by atoms with Crippen molar-refractivity contribution < 1.29 is 34.0 Å². The van der Waals surface area contributed by atoms with Crippen molar-refractivity contribution in [3.05, 3.63) is 41.5 Å². The Morgan fingerprint density at radius 2 is 1.35 bits per heavy atom. The molecule has 2 N–H and O–H groups in total. The van der Waals surface area contributed by atoms with Gasteiger partial charge in [0.1, 0.15) is 11.3 Å². The fourth-order valence-corrected chi connectivity index (χ4v) is 2.43. The van der Waals surface area contributed by atoms with Crippen molar-refractivity contribution in [3.63, 3.8) is 0 Å². The van der Waals surface area contributed by atoms with Crippen molar-refractivity contribution in [1.82, 2.24) is 0 Å². The van der Waals surface area contributed by atoms with Crippen LogP contribution in [0.25, 0.3) is 6.08 Å². The van der Waals surface area contributed by atoms with E-state index in [0.717, 1.165) is 5.56 Å². The van der Waals surface area contributed by atoms with Crippen LogP contribution in [0.15, 0.2) is 30.3 Å². The van der Waals surface area contributed by atoms with E-state index >= 15 is 0 Å². The SMILES string of the molecule is COc1ccc(/C=C/C(=O)c2c(O)c(OC)c(OC)c(O)c2OC)cc1. The molecule has 0 aliphatic carbocycles. The summed E-state index contributed by atoms with van der Waals surface area (Å²) in [4.78, 5) is 12.6. The second-order valence-corrected chi connectivity index (χ2v) is 5.14.